The molecule has 3 aromatic heterocycles. The molecular weight excluding hydrogens is 749 g/mol. The second kappa shape index (κ2) is 12.9. The zero-order chi connectivity index (χ0) is 39.3. The Hall–Kier alpha value is -7.73. The molecule has 60 heavy (non-hydrogen) atoms. The van der Waals surface area contributed by atoms with Gasteiger partial charge < -0.3 is 4.57 Å². The van der Waals surface area contributed by atoms with Crippen LogP contribution < -0.4 is 0 Å². The number of hydrogen-bond donors (Lipinski definition) is 0. The molecule has 3 heterocycles. The van der Waals surface area contributed by atoms with Crippen molar-refractivity contribution in [3.63, 3.8) is 0 Å². The Morgan fingerprint density at radius 3 is 1.63 bits per heavy atom. The number of aromatic nitrogens is 4. The van der Waals surface area contributed by atoms with E-state index in [0.29, 0.717) is 17.5 Å². The zero-order valence-electron chi connectivity index (χ0n) is 32.2. The molecule has 13 rings (SSSR count). The minimum absolute atomic E-state index is 0.621. The van der Waals surface area contributed by atoms with Gasteiger partial charge in [0, 0.05) is 47.6 Å². The molecule has 1 aliphatic carbocycles. The number of para-hydroxylation sites is 3. The van der Waals surface area contributed by atoms with E-state index < -0.39 is 0 Å². The summed E-state index contributed by atoms with van der Waals surface area (Å²) in [5, 5.41) is 7.39. The zero-order valence-corrected chi connectivity index (χ0v) is 33.0. The molecule has 0 radical (unpaired) electrons. The van der Waals surface area contributed by atoms with Gasteiger partial charge in [0.1, 0.15) is 0 Å². The van der Waals surface area contributed by atoms with Gasteiger partial charge in [-0.3, -0.25) is 0 Å². The first-order valence-corrected chi connectivity index (χ1v) is 21.1. The molecule has 1 aliphatic rings. The van der Waals surface area contributed by atoms with Crippen LogP contribution in [0.3, 0.4) is 0 Å². The van der Waals surface area contributed by atoms with Crippen LogP contribution in [0.15, 0.2) is 194 Å². The molecule has 5 heteroatoms. The minimum atomic E-state index is 0.621. The SMILES string of the molecule is c1ccc(-c2nc(-c3ccccc3-n3c4ccccc4c4ccccc43)nc(-c3cccc4c3sc3ccccc34)n2)c(-c2cc3c4c(cccc4c2)-c2ccccc2-3)c1. The number of hydrogen-bond acceptors (Lipinski definition) is 4. The normalized spacial score (nSPS) is 12.0. The quantitative estimate of drug-likeness (QED) is 0.175. The average molecular weight is 781 g/mol. The van der Waals surface area contributed by atoms with E-state index in [1.165, 1.54) is 59.3 Å². The molecule has 0 N–H and O–H groups in total. The predicted octanol–water partition coefficient (Wildman–Crippen LogP) is 14.8. The molecule has 9 aromatic carbocycles. The van der Waals surface area contributed by atoms with Gasteiger partial charge in [0.25, 0.3) is 0 Å². The summed E-state index contributed by atoms with van der Waals surface area (Å²) in [7, 11) is 0. The molecule has 0 spiro atoms. The summed E-state index contributed by atoms with van der Waals surface area (Å²) >= 11 is 1.79. The van der Waals surface area contributed by atoms with E-state index in [-0.39, 0.29) is 0 Å². The fraction of sp³-hybridized carbons (Fsp3) is 0. The molecule has 0 unspecified atom stereocenters. The average Bonchev–Trinajstić information content (AvgIpc) is 3.98. The molecule has 0 bridgehead atoms. The van der Waals surface area contributed by atoms with Crippen molar-refractivity contribution < 1.29 is 0 Å². The maximum atomic E-state index is 5.46. The monoisotopic (exact) mass is 780 g/mol. The minimum Gasteiger partial charge on any atom is -0.309 e. The first-order chi connectivity index (χ1) is 29.8. The van der Waals surface area contributed by atoms with Crippen LogP contribution in [0.1, 0.15) is 0 Å². The summed E-state index contributed by atoms with van der Waals surface area (Å²) in [5.74, 6) is 1.90. The summed E-state index contributed by atoms with van der Waals surface area (Å²) < 4.78 is 4.76. The van der Waals surface area contributed by atoms with E-state index in [0.717, 1.165) is 49.2 Å². The molecule has 0 fully saturated rings. The highest BCUT2D eigenvalue weighted by Crippen LogP contribution is 2.49. The van der Waals surface area contributed by atoms with E-state index in [2.05, 4.69) is 199 Å². The lowest BCUT2D eigenvalue weighted by atomic mass is 9.93. The van der Waals surface area contributed by atoms with Crippen LogP contribution in [0.25, 0.3) is 126 Å². The number of rotatable bonds is 5. The lowest BCUT2D eigenvalue weighted by molar-refractivity contribution is 1.07. The van der Waals surface area contributed by atoms with Crippen LogP contribution in [0.2, 0.25) is 0 Å². The van der Waals surface area contributed by atoms with Crippen molar-refractivity contribution in [1.29, 1.82) is 0 Å². The van der Waals surface area contributed by atoms with Crippen molar-refractivity contribution in [1.82, 2.24) is 19.5 Å². The van der Waals surface area contributed by atoms with Gasteiger partial charge in [-0.2, -0.15) is 0 Å². The molecule has 4 nitrogen and oxygen atoms in total. The van der Waals surface area contributed by atoms with Crippen molar-refractivity contribution in [3.8, 4) is 73.2 Å². The van der Waals surface area contributed by atoms with Crippen LogP contribution in [0.5, 0.6) is 0 Å². The molecule has 0 aliphatic heterocycles. The molecular formula is C55H32N4S. The number of nitrogens with zero attached hydrogens (tertiary/aromatic N) is 4. The lowest BCUT2D eigenvalue weighted by Gasteiger charge is -2.16. The summed E-state index contributed by atoms with van der Waals surface area (Å²) in [5.41, 5.74) is 13.5. The third kappa shape index (κ3) is 4.87. The Labute approximate surface area is 349 Å². The molecule has 0 saturated carbocycles. The second-order valence-corrected chi connectivity index (χ2v) is 16.5. The summed E-state index contributed by atoms with van der Waals surface area (Å²) in [4.78, 5) is 16.3. The summed E-state index contributed by atoms with van der Waals surface area (Å²) in [6, 6.07) is 69.5. The van der Waals surface area contributed by atoms with Gasteiger partial charge in [-0.15, -0.1) is 11.3 Å². The number of fused-ring (bicyclic) bond motifs is 9. The van der Waals surface area contributed by atoms with Crippen molar-refractivity contribution in [2.75, 3.05) is 0 Å². The molecule has 0 amide bonds. The fourth-order valence-corrected chi connectivity index (χ4v) is 10.8. The van der Waals surface area contributed by atoms with E-state index in [4.69, 9.17) is 15.0 Å². The van der Waals surface area contributed by atoms with Gasteiger partial charge in [0.05, 0.1) is 16.7 Å². The third-order valence-electron chi connectivity index (χ3n) is 12.2. The Morgan fingerprint density at radius 1 is 0.350 bits per heavy atom. The Morgan fingerprint density at radius 2 is 0.867 bits per heavy atom. The van der Waals surface area contributed by atoms with Gasteiger partial charge in [-0.25, -0.2) is 15.0 Å². The number of benzene rings is 9. The largest absolute Gasteiger partial charge is 0.309 e. The van der Waals surface area contributed by atoms with Crippen molar-refractivity contribution in [2.24, 2.45) is 0 Å². The van der Waals surface area contributed by atoms with E-state index in [9.17, 15) is 0 Å². The second-order valence-electron chi connectivity index (χ2n) is 15.5. The van der Waals surface area contributed by atoms with Crippen molar-refractivity contribution in [2.45, 2.75) is 0 Å². The van der Waals surface area contributed by atoms with E-state index in [1.54, 1.807) is 11.3 Å². The smallest absolute Gasteiger partial charge is 0.166 e. The van der Waals surface area contributed by atoms with Gasteiger partial charge >= 0.3 is 0 Å². The van der Waals surface area contributed by atoms with Crippen molar-refractivity contribution >= 4 is 64.1 Å². The molecule has 0 saturated heterocycles. The van der Waals surface area contributed by atoms with Gasteiger partial charge in [0.15, 0.2) is 17.5 Å². The first-order valence-electron chi connectivity index (χ1n) is 20.3. The Balaban J connectivity index is 1.08. The van der Waals surface area contributed by atoms with Crippen LogP contribution in [-0.4, -0.2) is 19.5 Å². The first kappa shape index (κ1) is 33.3. The standard InChI is InChI=1S/C55H32N4S/c1-4-22-43(35(16-1)34-31-33-15-13-24-41-36-17-2-3-18-37(36)46(32-34)51(33)41)53-56-54(58-55(57-53)45-26-14-25-42-40-21-8-12-30-50(40)60-52(42)45)44-23-7-11-29-49(44)59-47-27-9-5-19-38(47)39-20-6-10-28-48(39)59/h1-32H. The summed E-state index contributed by atoms with van der Waals surface area (Å²) in [6.45, 7) is 0. The maximum absolute atomic E-state index is 5.46. The highest BCUT2D eigenvalue weighted by atomic mass is 32.1. The maximum Gasteiger partial charge on any atom is 0.166 e. The summed E-state index contributed by atoms with van der Waals surface area (Å²) in [6.07, 6.45) is 0. The van der Waals surface area contributed by atoms with Crippen LogP contribution in [-0.2, 0) is 0 Å². The van der Waals surface area contributed by atoms with Crippen molar-refractivity contribution in [3.05, 3.63) is 194 Å². The Bertz CT molecular complexity index is 3690. The highest BCUT2D eigenvalue weighted by Gasteiger charge is 2.24. The van der Waals surface area contributed by atoms with E-state index >= 15 is 0 Å². The number of thiophene rings is 1. The molecule has 0 atom stereocenters. The van der Waals surface area contributed by atoms with Gasteiger partial charge in [-0.05, 0) is 92.7 Å². The molecule has 12 aromatic rings. The van der Waals surface area contributed by atoms with Gasteiger partial charge in [-0.1, -0.05) is 146 Å². The Kier molecular flexibility index (Phi) is 7.14. The highest BCUT2D eigenvalue weighted by molar-refractivity contribution is 7.26. The molecule has 278 valence electrons. The fourth-order valence-electron chi connectivity index (χ4n) is 9.60. The lowest BCUT2D eigenvalue weighted by Crippen LogP contribution is -2.04. The van der Waals surface area contributed by atoms with Gasteiger partial charge in [0.2, 0.25) is 0 Å². The predicted molar refractivity (Wildman–Crippen MR) is 251 cm³/mol. The van der Waals surface area contributed by atoms with Crippen LogP contribution >= 0.6 is 11.3 Å². The van der Waals surface area contributed by atoms with E-state index in [1.807, 2.05) is 0 Å². The third-order valence-corrected chi connectivity index (χ3v) is 13.4. The van der Waals surface area contributed by atoms with Crippen LogP contribution in [0.4, 0.5) is 0 Å². The topological polar surface area (TPSA) is 43.6 Å². The van der Waals surface area contributed by atoms with Crippen LogP contribution in [0, 0.1) is 0 Å².